The van der Waals surface area contributed by atoms with E-state index in [4.69, 9.17) is 5.73 Å². The van der Waals surface area contributed by atoms with Crippen LogP contribution in [0.2, 0.25) is 0 Å². The molecule has 1 heterocycles. The molecule has 3 aromatic rings. The maximum Gasteiger partial charge on any atom is 0.123 e. The summed E-state index contributed by atoms with van der Waals surface area (Å²) in [6.07, 6.45) is 0. The van der Waals surface area contributed by atoms with Crippen molar-refractivity contribution in [2.45, 2.75) is 19.9 Å². The zero-order valence-electron chi connectivity index (χ0n) is 11.5. The van der Waals surface area contributed by atoms with Crippen molar-refractivity contribution in [2.24, 2.45) is 5.73 Å². The number of nitrogens with two attached hydrogens (primary N) is 1. The molecule has 0 aliphatic rings. The van der Waals surface area contributed by atoms with Crippen LogP contribution < -0.4 is 5.73 Å². The minimum Gasteiger partial charge on any atom is -0.320 e. The highest BCUT2D eigenvalue weighted by Crippen LogP contribution is 2.33. The third-order valence-electron chi connectivity index (χ3n) is 3.57. The van der Waals surface area contributed by atoms with Crippen molar-refractivity contribution in [1.82, 2.24) is 0 Å². The highest BCUT2D eigenvalue weighted by Gasteiger charge is 2.15. The van der Waals surface area contributed by atoms with Gasteiger partial charge in [-0.2, -0.15) is 0 Å². The minimum absolute atomic E-state index is 0.157. The molecule has 0 saturated carbocycles. The predicted octanol–water partition coefficient (Wildman–Crippen LogP) is 4.71. The Morgan fingerprint density at radius 1 is 1.05 bits per heavy atom. The van der Waals surface area contributed by atoms with Crippen LogP contribution in [0.4, 0.5) is 4.39 Å². The monoisotopic (exact) mass is 285 g/mol. The van der Waals surface area contributed by atoms with Gasteiger partial charge in [0, 0.05) is 9.58 Å². The predicted molar refractivity (Wildman–Crippen MR) is 83.7 cm³/mol. The molecule has 0 aliphatic heterocycles. The Morgan fingerprint density at radius 3 is 2.65 bits per heavy atom. The van der Waals surface area contributed by atoms with Crippen LogP contribution in [0.25, 0.3) is 10.1 Å². The Labute approximate surface area is 121 Å². The van der Waals surface area contributed by atoms with Crippen molar-refractivity contribution in [3.8, 4) is 0 Å². The Hall–Kier alpha value is -1.71. The van der Waals surface area contributed by atoms with E-state index in [-0.39, 0.29) is 11.9 Å². The molecule has 0 fully saturated rings. The molecule has 3 heteroatoms. The van der Waals surface area contributed by atoms with Gasteiger partial charge in [0.2, 0.25) is 0 Å². The second-order valence-corrected chi connectivity index (χ2v) is 6.28. The quantitative estimate of drug-likeness (QED) is 0.725. The van der Waals surface area contributed by atoms with Gasteiger partial charge in [0.25, 0.3) is 0 Å². The van der Waals surface area contributed by atoms with Crippen LogP contribution in [0.5, 0.6) is 0 Å². The first-order chi connectivity index (χ1) is 9.54. The summed E-state index contributed by atoms with van der Waals surface area (Å²) in [5.74, 6) is -0.206. The van der Waals surface area contributed by atoms with Crippen LogP contribution in [0, 0.1) is 19.7 Å². The molecule has 2 N–H and O–H groups in total. The van der Waals surface area contributed by atoms with Crippen molar-refractivity contribution in [3.63, 3.8) is 0 Å². The summed E-state index contributed by atoms with van der Waals surface area (Å²) in [6.45, 7) is 4.14. The lowest BCUT2D eigenvalue weighted by molar-refractivity contribution is 0.630. The fraction of sp³-hybridized carbons (Fsp3) is 0.176. The van der Waals surface area contributed by atoms with Crippen molar-refractivity contribution in [2.75, 3.05) is 0 Å². The van der Waals surface area contributed by atoms with Crippen LogP contribution in [-0.2, 0) is 0 Å². The average Bonchev–Trinajstić information content (AvgIpc) is 2.83. The van der Waals surface area contributed by atoms with Crippen LogP contribution in [-0.4, -0.2) is 0 Å². The summed E-state index contributed by atoms with van der Waals surface area (Å²) in [5, 5.41) is 0.922. The molecule has 0 aliphatic carbocycles. The van der Waals surface area contributed by atoms with E-state index in [1.54, 1.807) is 17.4 Å². The van der Waals surface area contributed by atoms with E-state index in [9.17, 15) is 4.39 Å². The van der Waals surface area contributed by atoms with Gasteiger partial charge in [-0.25, -0.2) is 4.39 Å². The first-order valence-electron chi connectivity index (χ1n) is 6.56. The number of rotatable bonds is 2. The largest absolute Gasteiger partial charge is 0.320 e. The fourth-order valence-corrected chi connectivity index (χ4v) is 3.50. The lowest BCUT2D eigenvalue weighted by Crippen LogP contribution is -2.11. The standard InChI is InChI=1S/C17H16FNS/c1-10-3-4-11(2)14(7-10)17(19)16-9-12-8-13(18)5-6-15(12)20-16/h3-9,17H,19H2,1-2H3. The third-order valence-corrected chi connectivity index (χ3v) is 4.77. The Kier molecular flexibility index (Phi) is 3.32. The van der Waals surface area contributed by atoms with Gasteiger partial charge in [-0.05, 0) is 54.6 Å². The maximum absolute atomic E-state index is 13.3. The van der Waals surface area contributed by atoms with Crippen LogP contribution in [0.3, 0.4) is 0 Å². The summed E-state index contributed by atoms with van der Waals surface area (Å²) in [7, 11) is 0. The summed E-state index contributed by atoms with van der Waals surface area (Å²) >= 11 is 1.63. The first-order valence-corrected chi connectivity index (χ1v) is 7.38. The smallest absolute Gasteiger partial charge is 0.123 e. The van der Waals surface area contributed by atoms with Crippen LogP contribution >= 0.6 is 11.3 Å². The van der Waals surface area contributed by atoms with E-state index in [1.807, 2.05) is 12.1 Å². The Balaban J connectivity index is 2.07. The van der Waals surface area contributed by atoms with E-state index >= 15 is 0 Å². The molecule has 0 bridgehead atoms. The zero-order chi connectivity index (χ0) is 14.3. The molecule has 0 amide bonds. The average molecular weight is 285 g/mol. The van der Waals surface area contributed by atoms with Crippen molar-refractivity contribution in [1.29, 1.82) is 0 Å². The number of benzene rings is 2. The number of aryl methyl sites for hydroxylation is 2. The molecule has 1 atom stereocenters. The molecule has 1 nitrogen and oxygen atoms in total. The molecular formula is C17H16FNS. The second kappa shape index (κ2) is 5.00. The van der Waals surface area contributed by atoms with Gasteiger partial charge in [-0.3, -0.25) is 0 Å². The van der Waals surface area contributed by atoms with Crippen molar-refractivity contribution < 1.29 is 4.39 Å². The van der Waals surface area contributed by atoms with Gasteiger partial charge in [-0.15, -0.1) is 11.3 Å². The molecule has 2 aromatic carbocycles. The zero-order valence-corrected chi connectivity index (χ0v) is 12.3. The topological polar surface area (TPSA) is 26.0 Å². The normalized spacial score (nSPS) is 12.8. The van der Waals surface area contributed by atoms with Gasteiger partial charge in [0.1, 0.15) is 5.82 Å². The number of hydrogen-bond donors (Lipinski definition) is 1. The van der Waals surface area contributed by atoms with Crippen LogP contribution in [0.1, 0.15) is 27.6 Å². The second-order valence-electron chi connectivity index (χ2n) is 5.17. The maximum atomic E-state index is 13.3. The summed E-state index contributed by atoms with van der Waals surface area (Å²) < 4.78 is 14.3. The number of hydrogen-bond acceptors (Lipinski definition) is 2. The number of thiophene rings is 1. The lowest BCUT2D eigenvalue weighted by Gasteiger charge is -2.14. The summed E-state index contributed by atoms with van der Waals surface area (Å²) in [6, 6.07) is 13.0. The highest BCUT2D eigenvalue weighted by molar-refractivity contribution is 7.19. The van der Waals surface area contributed by atoms with E-state index in [2.05, 4.69) is 32.0 Å². The lowest BCUT2D eigenvalue weighted by atomic mass is 9.98. The van der Waals surface area contributed by atoms with Gasteiger partial charge in [-0.1, -0.05) is 23.8 Å². The summed E-state index contributed by atoms with van der Waals surface area (Å²) in [5.41, 5.74) is 9.93. The number of halogens is 1. The molecular weight excluding hydrogens is 269 g/mol. The molecule has 20 heavy (non-hydrogen) atoms. The molecule has 1 aromatic heterocycles. The molecule has 0 spiro atoms. The molecule has 3 rings (SSSR count). The van der Waals surface area contributed by atoms with E-state index in [1.165, 1.54) is 17.2 Å². The van der Waals surface area contributed by atoms with E-state index in [0.717, 1.165) is 20.5 Å². The van der Waals surface area contributed by atoms with Crippen molar-refractivity contribution >= 4 is 21.4 Å². The molecule has 102 valence electrons. The first kappa shape index (κ1) is 13.3. The van der Waals surface area contributed by atoms with Crippen LogP contribution in [0.15, 0.2) is 42.5 Å². The SMILES string of the molecule is Cc1ccc(C)c(C(N)c2cc3cc(F)ccc3s2)c1. The van der Waals surface area contributed by atoms with E-state index in [0.29, 0.717) is 0 Å². The molecule has 0 radical (unpaired) electrons. The third kappa shape index (κ3) is 2.35. The van der Waals surface area contributed by atoms with Gasteiger partial charge in [0.15, 0.2) is 0 Å². The van der Waals surface area contributed by atoms with Gasteiger partial charge < -0.3 is 5.73 Å². The minimum atomic E-state index is -0.206. The Bertz CT molecular complexity index is 776. The van der Waals surface area contributed by atoms with Gasteiger partial charge >= 0.3 is 0 Å². The summed E-state index contributed by atoms with van der Waals surface area (Å²) in [4.78, 5) is 1.07. The van der Waals surface area contributed by atoms with Crippen molar-refractivity contribution in [3.05, 3.63) is 69.8 Å². The highest BCUT2D eigenvalue weighted by atomic mass is 32.1. The Morgan fingerprint density at radius 2 is 1.85 bits per heavy atom. The van der Waals surface area contributed by atoms with E-state index < -0.39 is 0 Å². The van der Waals surface area contributed by atoms with Gasteiger partial charge in [0.05, 0.1) is 6.04 Å². The molecule has 0 saturated heterocycles. The number of fused-ring (bicyclic) bond motifs is 1. The fourth-order valence-electron chi connectivity index (χ4n) is 2.44. The molecule has 1 unspecified atom stereocenters.